The molecule has 0 aromatic heterocycles. The molecule has 0 aromatic rings. The minimum Gasteiger partial charge on any atom is -0.319 e. The van der Waals surface area contributed by atoms with Crippen molar-refractivity contribution in [3.05, 3.63) is 0 Å². The molecule has 1 aliphatic carbocycles. The Kier molecular flexibility index (Phi) is 4.87. The third kappa shape index (κ3) is 3.69. The van der Waals surface area contributed by atoms with Gasteiger partial charge in [0.15, 0.2) is 0 Å². The van der Waals surface area contributed by atoms with Gasteiger partial charge < -0.3 is 10.2 Å². The van der Waals surface area contributed by atoms with Crippen LogP contribution >= 0.6 is 0 Å². The van der Waals surface area contributed by atoms with E-state index in [-0.39, 0.29) is 0 Å². The van der Waals surface area contributed by atoms with Gasteiger partial charge in [-0.15, -0.1) is 0 Å². The number of hydrogen-bond donors (Lipinski definition) is 1. The van der Waals surface area contributed by atoms with Crippen molar-refractivity contribution in [1.82, 2.24) is 10.2 Å². The molecule has 2 heteroatoms. The van der Waals surface area contributed by atoms with Crippen LogP contribution in [0.5, 0.6) is 0 Å². The minimum absolute atomic E-state index is 0.587. The molecule has 2 aliphatic rings. The zero-order valence-electron chi connectivity index (χ0n) is 11.8. The van der Waals surface area contributed by atoms with E-state index in [2.05, 4.69) is 24.2 Å². The molecule has 1 unspecified atom stereocenters. The second-order valence-corrected chi connectivity index (χ2v) is 6.57. The average molecular weight is 238 g/mol. The van der Waals surface area contributed by atoms with E-state index in [0.717, 1.165) is 5.92 Å². The lowest BCUT2D eigenvalue weighted by atomic mass is 9.73. The van der Waals surface area contributed by atoms with Crippen LogP contribution in [0.4, 0.5) is 0 Å². The standard InChI is InChI=1S/C15H30N2/c1-14-7-6-10-17(11-14)13-15(12-16-2)8-4-3-5-9-15/h14,16H,3-13H2,1-2H3. The molecule has 2 fully saturated rings. The molecular formula is C15H30N2. The molecule has 100 valence electrons. The Morgan fingerprint density at radius 2 is 1.94 bits per heavy atom. The summed E-state index contributed by atoms with van der Waals surface area (Å²) in [4.78, 5) is 2.75. The van der Waals surface area contributed by atoms with Crippen molar-refractivity contribution >= 4 is 0 Å². The minimum atomic E-state index is 0.587. The molecule has 17 heavy (non-hydrogen) atoms. The Balaban J connectivity index is 1.91. The highest BCUT2D eigenvalue weighted by Crippen LogP contribution is 2.37. The summed E-state index contributed by atoms with van der Waals surface area (Å²) in [5.41, 5.74) is 0.587. The van der Waals surface area contributed by atoms with Gasteiger partial charge in [0.2, 0.25) is 0 Å². The average Bonchev–Trinajstić information content (AvgIpc) is 2.30. The van der Waals surface area contributed by atoms with Crippen LogP contribution < -0.4 is 5.32 Å². The van der Waals surface area contributed by atoms with Crippen LogP contribution in [0.3, 0.4) is 0 Å². The van der Waals surface area contributed by atoms with E-state index in [1.807, 2.05) is 0 Å². The van der Waals surface area contributed by atoms with Crippen LogP contribution in [0.15, 0.2) is 0 Å². The van der Waals surface area contributed by atoms with E-state index < -0.39 is 0 Å². The lowest BCUT2D eigenvalue weighted by Gasteiger charge is -2.43. The molecule has 0 aromatic carbocycles. The molecule has 0 radical (unpaired) electrons. The summed E-state index contributed by atoms with van der Waals surface area (Å²) in [6, 6.07) is 0. The van der Waals surface area contributed by atoms with Crippen molar-refractivity contribution in [2.24, 2.45) is 11.3 Å². The fraction of sp³-hybridized carbons (Fsp3) is 1.00. The first-order valence-electron chi connectivity index (χ1n) is 7.61. The summed E-state index contributed by atoms with van der Waals surface area (Å²) >= 11 is 0. The maximum atomic E-state index is 3.45. The Hall–Kier alpha value is -0.0800. The fourth-order valence-electron chi connectivity index (χ4n) is 3.97. The largest absolute Gasteiger partial charge is 0.319 e. The van der Waals surface area contributed by atoms with Crippen LogP contribution in [0.1, 0.15) is 51.9 Å². The van der Waals surface area contributed by atoms with Gasteiger partial charge >= 0.3 is 0 Å². The van der Waals surface area contributed by atoms with Crippen molar-refractivity contribution in [3.8, 4) is 0 Å². The number of nitrogens with one attached hydrogen (secondary N) is 1. The Morgan fingerprint density at radius 1 is 1.18 bits per heavy atom. The number of likely N-dealkylation sites (tertiary alicyclic amines) is 1. The Bertz CT molecular complexity index is 215. The van der Waals surface area contributed by atoms with Gasteiger partial charge in [-0.05, 0) is 50.6 Å². The first-order valence-corrected chi connectivity index (χ1v) is 7.61. The van der Waals surface area contributed by atoms with Crippen molar-refractivity contribution in [2.75, 3.05) is 33.2 Å². The van der Waals surface area contributed by atoms with E-state index in [9.17, 15) is 0 Å². The first kappa shape index (κ1) is 13.4. The van der Waals surface area contributed by atoms with Crippen LogP contribution in [0.2, 0.25) is 0 Å². The van der Waals surface area contributed by atoms with Gasteiger partial charge in [-0.25, -0.2) is 0 Å². The third-order valence-electron chi connectivity index (χ3n) is 4.77. The van der Waals surface area contributed by atoms with Gasteiger partial charge in [0.1, 0.15) is 0 Å². The SMILES string of the molecule is CNCC1(CN2CCCC(C)C2)CCCCC1. The molecule has 1 heterocycles. The molecule has 1 saturated carbocycles. The summed E-state index contributed by atoms with van der Waals surface area (Å²) in [6.07, 6.45) is 10.1. The van der Waals surface area contributed by atoms with Gasteiger partial charge in [-0.3, -0.25) is 0 Å². The van der Waals surface area contributed by atoms with Crippen molar-refractivity contribution in [3.63, 3.8) is 0 Å². The monoisotopic (exact) mass is 238 g/mol. The van der Waals surface area contributed by atoms with Crippen molar-refractivity contribution in [1.29, 1.82) is 0 Å². The molecule has 0 amide bonds. The second-order valence-electron chi connectivity index (χ2n) is 6.57. The number of nitrogens with zero attached hydrogens (tertiary/aromatic N) is 1. The maximum absolute atomic E-state index is 3.45. The van der Waals surface area contributed by atoms with Crippen LogP contribution in [-0.4, -0.2) is 38.1 Å². The number of rotatable bonds is 4. The van der Waals surface area contributed by atoms with E-state index >= 15 is 0 Å². The molecule has 0 spiro atoms. The molecule has 2 rings (SSSR count). The molecular weight excluding hydrogens is 208 g/mol. The lowest BCUT2D eigenvalue weighted by Crippen LogP contribution is -2.47. The predicted octanol–water partition coefficient (Wildman–Crippen LogP) is 2.89. The predicted molar refractivity (Wildman–Crippen MR) is 74.3 cm³/mol. The zero-order valence-corrected chi connectivity index (χ0v) is 11.8. The van der Waals surface area contributed by atoms with Crippen LogP contribution in [-0.2, 0) is 0 Å². The van der Waals surface area contributed by atoms with Gasteiger partial charge in [0.05, 0.1) is 0 Å². The summed E-state index contributed by atoms with van der Waals surface area (Å²) in [5.74, 6) is 0.916. The zero-order chi connectivity index (χ0) is 12.1. The highest BCUT2D eigenvalue weighted by molar-refractivity contribution is 4.88. The van der Waals surface area contributed by atoms with E-state index in [1.165, 1.54) is 71.1 Å². The van der Waals surface area contributed by atoms with Gasteiger partial charge in [0, 0.05) is 19.6 Å². The molecule has 1 N–H and O–H groups in total. The highest BCUT2D eigenvalue weighted by atomic mass is 15.1. The van der Waals surface area contributed by atoms with E-state index in [1.54, 1.807) is 0 Å². The van der Waals surface area contributed by atoms with E-state index in [4.69, 9.17) is 0 Å². The molecule has 1 saturated heterocycles. The molecule has 2 nitrogen and oxygen atoms in total. The number of hydrogen-bond acceptors (Lipinski definition) is 2. The quantitative estimate of drug-likeness (QED) is 0.810. The maximum Gasteiger partial charge on any atom is 0.00502 e. The van der Waals surface area contributed by atoms with Gasteiger partial charge in [0.25, 0.3) is 0 Å². The van der Waals surface area contributed by atoms with Crippen molar-refractivity contribution < 1.29 is 0 Å². The topological polar surface area (TPSA) is 15.3 Å². The van der Waals surface area contributed by atoms with Gasteiger partial charge in [-0.1, -0.05) is 26.2 Å². The lowest BCUT2D eigenvalue weighted by molar-refractivity contribution is 0.0772. The summed E-state index contributed by atoms with van der Waals surface area (Å²) in [7, 11) is 2.12. The smallest absolute Gasteiger partial charge is 0.00502 e. The molecule has 0 bridgehead atoms. The number of piperidine rings is 1. The molecule has 1 aliphatic heterocycles. The first-order chi connectivity index (χ1) is 8.24. The Labute approximate surface area is 107 Å². The summed E-state index contributed by atoms with van der Waals surface area (Å²) < 4.78 is 0. The summed E-state index contributed by atoms with van der Waals surface area (Å²) in [6.45, 7) is 7.66. The van der Waals surface area contributed by atoms with Gasteiger partial charge in [-0.2, -0.15) is 0 Å². The van der Waals surface area contributed by atoms with Crippen LogP contribution in [0, 0.1) is 11.3 Å². The molecule has 1 atom stereocenters. The second kappa shape index (κ2) is 6.19. The van der Waals surface area contributed by atoms with Crippen molar-refractivity contribution in [2.45, 2.75) is 51.9 Å². The van der Waals surface area contributed by atoms with E-state index in [0.29, 0.717) is 5.41 Å². The van der Waals surface area contributed by atoms with Crippen LogP contribution in [0.25, 0.3) is 0 Å². The normalized spacial score (nSPS) is 30.4. The fourth-order valence-corrected chi connectivity index (χ4v) is 3.97. The summed E-state index contributed by atoms with van der Waals surface area (Å²) in [5, 5.41) is 3.45. The highest BCUT2D eigenvalue weighted by Gasteiger charge is 2.34. The third-order valence-corrected chi connectivity index (χ3v) is 4.77. The Morgan fingerprint density at radius 3 is 2.59 bits per heavy atom.